The van der Waals surface area contributed by atoms with Gasteiger partial charge in [0.25, 0.3) is 5.91 Å². The number of aromatic nitrogens is 5. The van der Waals surface area contributed by atoms with Crippen LogP contribution in [-0.2, 0) is 6.54 Å². The number of carbonyl (C=O) groups excluding carboxylic acids is 1. The number of nitrogens with zero attached hydrogens (tertiary/aromatic N) is 6. The summed E-state index contributed by atoms with van der Waals surface area (Å²) in [6.07, 6.45) is 3.57. The van der Waals surface area contributed by atoms with E-state index in [1.165, 1.54) is 16.9 Å². The molecule has 1 fully saturated rings. The van der Waals surface area contributed by atoms with Gasteiger partial charge in [0, 0.05) is 37.3 Å². The standard InChI is InChI=1S/C21H21N7OS/c29-20(23-16-8-11-27(12-9-16)14-15-4-2-1-3-5-15)17-6-7-18-24-25-19(28(18)26-17)21-22-10-13-30-21/h1-7,10,13,16H,8-9,11-12,14H2,(H,23,29). The summed E-state index contributed by atoms with van der Waals surface area (Å²) in [5, 5.41) is 18.5. The molecule has 1 amide bonds. The Balaban J connectivity index is 1.23. The second-order valence-corrected chi connectivity index (χ2v) is 8.25. The Bertz CT molecular complexity index is 1130. The highest BCUT2D eigenvalue weighted by Gasteiger charge is 2.22. The maximum atomic E-state index is 12.8. The minimum atomic E-state index is -0.169. The number of benzene rings is 1. The van der Waals surface area contributed by atoms with E-state index in [1.54, 1.807) is 22.8 Å². The van der Waals surface area contributed by atoms with Gasteiger partial charge in [0.05, 0.1) is 0 Å². The number of carbonyl (C=O) groups is 1. The van der Waals surface area contributed by atoms with Crippen LogP contribution in [-0.4, -0.2) is 54.7 Å². The number of nitrogens with one attached hydrogen (secondary N) is 1. The largest absolute Gasteiger partial charge is 0.348 e. The molecule has 0 saturated carbocycles. The van der Waals surface area contributed by atoms with Gasteiger partial charge in [-0.15, -0.1) is 21.5 Å². The topological polar surface area (TPSA) is 88.3 Å². The molecule has 9 heteroatoms. The van der Waals surface area contributed by atoms with E-state index in [-0.39, 0.29) is 11.9 Å². The highest BCUT2D eigenvalue weighted by atomic mass is 32.1. The summed E-state index contributed by atoms with van der Waals surface area (Å²) in [6, 6.07) is 14.1. The highest BCUT2D eigenvalue weighted by molar-refractivity contribution is 7.13. The van der Waals surface area contributed by atoms with Crippen molar-refractivity contribution in [1.82, 2.24) is 35.0 Å². The van der Waals surface area contributed by atoms with Gasteiger partial charge in [-0.25, -0.2) is 4.98 Å². The summed E-state index contributed by atoms with van der Waals surface area (Å²) in [5.41, 5.74) is 2.26. The first-order valence-electron chi connectivity index (χ1n) is 9.96. The van der Waals surface area contributed by atoms with E-state index in [0.717, 1.165) is 37.5 Å². The van der Waals surface area contributed by atoms with Gasteiger partial charge >= 0.3 is 0 Å². The van der Waals surface area contributed by atoms with Gasteiger partial charge in [-0.1, -0.05) is 30.3 Å². The number of likely N-dealkylation sites (tertiary alicyclic amines) is 1. The normalized spacial score (nSPS) is 15.5. The van der Waals surface area contributed by atoms with Gasteiger partial charge in [0.1, 0.15) is 5.69 Å². The smallest absolute Gasteiger partial charge is 0.271 e. The van der Waals surface area contributed by atoms with Gasteiger partial charge in [0.2, 0.25) is 5.82 Å². The number of piperidine rings is 1. The van der Waals surface area contributed by atoms with Crippen LogP contribution in [0.5, 0.6) is 0 Å². The molecule has 0 bridgehead atoms. The Kier molecular flexibility index (Phi) is 5.20. The van der Waals surface area contributed by atoms with E-state index >= 15 is 0 Å². The number of fused-ring (bicyclic) bond motifs is 1. The zero-order chi connectivity index (χ0) is 20.3. The van der Waals surface area contributed by atoms with Crippen LogP contribution in [0.3, 0.4) is 0 Å². The summed E-state index contributed by atoms with van der Waals surface area (Å²) < 4.78 is 1.58. The highest BCUT2D eigenvalue weighted by Crippen LogP contribution is 2.20. The van der Waals surface area contributed by atoms with Crippen LogP contribution in [0.15, 0.2) is 54.0 Å². The maximum Gasteiger partial charge on any atom is 0.271 e. The Labute approximate surface area is 177 Å². The molecule has 1 aromatic carbocycles. The number of hydrogen-bond acceptors (Lipinski definition) is 7. The van der Waals surface area contributed by atoms with E-state index in [1.807, 2.05) is 11.4 Å². The van der Waals surface area contributed by atoms with E-state index in [4.69, 9.17) is 0 Å². The van der Waals surface area contributed by atoms with Crippen molar-refractivity contribution in [2.75, 3.05) is 13.1 Å². The van der Waals surface area contributed by atoms with Crippen LogP contribution in [0.4, 0.5) is 0 Å². The molecule has 4 aromatic rings. The van der Waals surface area contributed by atoms with Crippen molar-refractivity contribution in [3.63, 3.8) is 0 Å². The molecule has 4 heterocycles. The first-order chi connectivity index (χ1) is 14.8. The van der Waals surface area contributed by atoms with Crippen LogP contribution < -0.4 is 5.32 Å². The lowest BCUT2D eigenvalue weighted by molar-refractivity contribution is 0.0902. The average molecular weight is 420 g/mol. The van der Waals surface area contributed by atoms with Crippen molar-refractivity contribution in [1.29, 1.82) is 0 Å². The van der Waals surface area contributed by atoms with Crippen LogP contribution in [0, 0.1) is 0 Å². The van der Waals surface area contributed by atoms with Crippen molar-refractivity contribution in [2.24, 2.45) is 0 Å². The molecule has 8 nitrogen and oxygen atoms in total. The van der Waals surface area contributed by atoms with Gasteiger partial charge in [-0.3, -0.25) is 9.69 Å². The van der Waals surface area contributed by atoms with Crippen molar-refractivity contribution in [3.8, 4) is 10.8 Å². The van der Waals surface area contributed by atoms with Crippen molar-refractivity contribution >= 4 is 22.9 Å². The van der Waals surface area contributed by atoms with Gasteiger partial charge < -0.3 is 5.32 Å². The molecule has 0 aliphatic carbocycles. The first-order valence-corrected chi connectivity index (χ1v) is 10.8. The predicted octanol–water partition coefficient (Wildman–Crippen LogP) is 2.64. The molecule has 1 aliphatic rings. The van der Waals surface area contributed by atoms with Crippen LogP contribution >= 0.6 is 11.3 Å². The van der Waals surface area contributed by atoms with E-state index < -0.39 is 0 Å². The molecule has 1 N–H and O–H groups in total. The third-order valence-corrected chi connectivity index (χ3v) is 6.06. The monoisotopic (exact) mass is 419 g/mol. The quantitative estimate of drug-likeness (QED) is 0.535. The summed E-state index contributed by atoms with van der Waals surface area (Å²) in [7, 11) is 0. The summed E-state index contributed by atoms with van der Waals surface area (Å²) >= 11 is 1.46. The predicted molar refractivity (Wildman–Crippen MR) is 114 cm³/mol. The fourth-order valence-corrected chi connectivity index (χ4v) is 4.32. The van der Waals surface area contributed by atoms with Crippen LogP contribution in [0.2, 0.25) is 0 Å². The van der Waals surface area contributed by atoms with Crippen LogP contribution in [0.25, 0.3) is 16.5 Å². The number of rotatable bonds is 5. The molecular weight excluding hydrogens is 398 g/mol. The number of amides is 1. The van der Waals surface area contributed by atoms with Gasteiger partial charge in [0.15, 0.2) is 10.7 Å². The molecule has 3 aromatic heterocycles. The molecule has 5 rings (SSSR count). The first kappa shape index (κ1) is 18.8. The zero-order valence-corrected chi connectivity index (χ0v) is 17.1. The Hall–Kier alpha value is -3.17. The number of thiazole rings is 1. The zero-order valence-electron chi connectivity index (χ0n) is 16.3. The van der Waals surface area contributed by atoms with E-state index in [2.05, 4.69) is 54.8 Å². The fraction of sp³-hybridized carbons (Fsp3) is 0.286. The third-order valence-electron chi connectivity index (χ3n) is 5.29. The lowest BCUT2D eigenvalue weighted by Crippen LogP contribution is -2.44. The molecule has 0 atom stereocenters. The minimum Gasteiger partial charge on any atom is -0.348 e. The van der Waals surface area contributed by atoms with Crippen molar-refractivity contribution in [3.05, 3.63) is 65.3 Å². The molecule has 1 saturated heterocycles. The molecule has 0 unspecified atom stereocenters. The van der Waals surface area contributed by atoms with Crippen LogP contribution in [0.1, 0.15) is 28.9 Å². The van der Waals surface area contributed by atoms with Crippen molar-refractivity contribution in [2.45, 2.75) is 25.4 Å². The average Bonchev–Trinajstić information content (AvgIpc) is 3.45. The van der Waals surface area contributed by atoms with Gasteiger partial charge in [-0.2, -0.15) is 9.61 Å². The Morgan fingerprint density at radius 1 is 1.10 bits per heavy atom. The molecule has 30 heavy (non-hydrogen) atoms. The maximum absolute atomic E-state index is 12.8. The SMILES string of the molecule is O=C(NC1CCN(Cc2ccccc2)CC1)c1ccc2nnc(-c3nccs3)n2n1. The number of hydrogen-bond donors (Lipinski definition) is 1. The van der Waals surface area contributed by atoms with Gasteiger partial charge in [-0.05, 0) is 30.5 Å². The van der Waals surface area contributed by atoms with Crippen molar-refractivity contribution < 1.29 is 4.79 Å². The molecule has 1 aliphatic heterocycles. The summed E-state index contributed by atoms with van der Waals surface area (Å²) in [6.45, 7) is 2.88. The third kappa shape index (κ3) is 3.94. The molecule has 152 valence electrons. The fourth-order valence-electron chi connectivity index (χ4n) is 3.71. The second kappa shape index (κ2) is 8.29. The molecular formula is C21H21N7OS. The van der Waals surface area contributed by atoms with E-state index in [0.29, 0.717) is 17.2 Å². The Morgan fingerprint density at radius 2 is 1.93 bits per heavy atom. The lowest BCUT2D eigenvalue weighted by atomic mass is 10.0. The Morgan fingerprint density at radius 3 is 2.70 bits per heavy atom. The summed E-state index contributed by atoms with van der Waals surface area (Å²) in [5.74, 6) is 0.376. The molecule has 0 spiro atoms. The summed E-state index contributed by atoms with van der Waals surface area (Å²) in [4.78, 5) is 19.5. The van der Waals surface area contributed by atoms with E-state index in [9.17, 15) is 4.79 Å². The second-order valence-electron chi connectivity index (χ2n) is 7.36. The minimum absolute atomic E-state index is 0.154. The lowest BCUT2D eigenvalue weighted by Gasteiger charge is -2.32. The molecule has 0 radical (unpaired) electrons.